The van der Waals surface area contributed by atoms with Crippen molar-refractivity contribution < 1.29 is 38.0 Å². The molecule has 6 atom stereocenters. The number of epoxide rings is 1. The van der Waals surface area contributed by atoms with Crippen molar-refractivity contribution in [2.45, 2.75) is 69.1 Å². The topological polar surface area (TPSA) is 105 Å². The number of nitrogens with one attached hydrogen (secondary N) is 1. The first-order valence-electron chi connectivity index (χ1n) is 11.5. The number of benzene rings is 1. The van der Waals surface area contributed by atoms with Crippen LogP contribution < -0.4 is 5.32 Å². The molecule has 1 spiro atoms. The fourth-order valence-corrected chi connectivity index (χ4v) is 4.95. The van der Waals surface area contributed by atoms with Gasteiger partial charge in [0, 0.05) is 7.11 Å². The van der Waals surface area contributed by atoms with Gasteiger partial charge in [-0.25, -0.2) is 4.79 Å². The lowest BCUT2D eigenvalue weighted by Crippen LogP contribution is -2.62. The van der Waals surface area contributed by atoms with Crippen molar-refractivity contribution >= 4 is 23.6 Å². The number of carbonyl (C=O) groups excluding carboxylic acids is 2. The molecule has 3 heterocycles. The zero-order valence-electron chi connectivity index (χ0n) is 19.7. The summed E-state index contributed by atoms with van der Waals surface area (Å²) in [5, 5.41) is 2.08. The van der Waals surface area contributed by atoms with Crippen LogP contribution in [0.4, 0.5) is 4.79 Å². The zero-order valence-corrected chi connectivity index (χ0v) is 20.4. The number of aryl methyl sites for hydroxylation is 1. The van der Waals surface area contributed by atoms with Crippen LogP contribution in [-0.2, 0) is 39.6 Å². The fraction of sp³-hybridized carbons (Fsp3) is 0.667. The molecule has 188 valence electrons. The van der Waals surface area contributed by atoms with E-state index >= 15 is 0 Å². The highest BCUT2D eigenvalue weighted by atomic mass is 35.5. The first-order chi connectivity index (χ1) is 16.3. The number of amides is 2. The van der Waals surface area contributed by atoms with Crippen molar-refractivity contribution in [3.05, 3.63) is 35.9 Å². The van der Waals surface area contributed by atoms with Gasteiger partial charge in [-0.05, 0) is 38.7 Å². The summed E-state index contributed by atoms with van der Waals surface area (Å²) in [7, 11) is 1.54. The molecule has 3 saturated heterocycles. The van der Waals surface area contributed by atoms with Crippen molar-refractivity contribution in [2.75, 3.05) is 26.2 Å². The SMILES string of the molecule is CO[C@H]1[C@@H]([C@H]2O[C@H]2CCCc2ccccc2)[C@@]2(COC(C)(C)O2)OC[C@H]1OC(=O)NC(=O)CCl. The highest BCUT2D eigenvalue weighted by molar-refractivity contribution is 6.28. The van der Waals surface area contributed by atoms with Gasteiger partial charge in [0.25, 0.3) is 0 Å². The molecule has 0 bridgehead atoms. The highest BCUT2D eigenvalue weighted by Gasteiger charge is 2.66. The van der Waals surface area contributed by atoms with Crippen molar-refractivity contribution in [1.29, 1.82) is 0 Å². The van der Waals surface area contributed by atoms with Crippen LogP contribution in [0.5, 0.6) is 0 Å². The Morgan fingerprint density at radius 2 is 1.97 bits per heavy atom. The number of methoxy groups -OCH3 is 1. The molecule has 2 amide bonds. The molecule has 4 rings (SSSR count). The minimum Gasteiger partial charge on any atom is -0.441 e. The van der Waals surface area contributed by atoms with E-state index in [1.807, 2.05) is 32.0 Å². The summed E-state index contributed by atoms with van der Waals surface area (Å²) in [6.45, 7) is 3.86. The van der Waals surface area contributed by atoms with E-state index in [0.717, 1.165) is 19.3 Å². The lowest BCUT2D eigenvalue weighted by molar-refractivity contribution is -0.328. The van der Waals surface area contributed by atoms with Crippen LogP contribution in [0.1, 0.15) is 32.3 Å². The number of hydrogen-bond donors (Lipinski definition) is 1. The summed E-state index contributed by atoms with van der Waals surface area (Å²) < 4.78 is 35.6. The van der Waals surface area contributed by atoms with Gasteiger partial charge < -0.3 is 28.4 Å². The molecule has 3 fully saturated rings. The largest absolute Gasteiger partial charge is 0.441 e. The second-order valence-electron chi connectivity index (χ2n) is 9.28. The maximum atomic E-state index is 12.2. The number of ether oxygens (including phenoxy) is 6. The van der Waals surface area contributed by atoms with E-state index in [1.54, 1.807) is 7.11 Å². The van der Waals surface area contributed by atoms with Gasteiger partial charge in [-0.3, -0.25) is 10.1 Å². The van der Waals surface area contributed by atoms with E-state index < -0.39 is 41.7 Å². The summed E-state index contributed by atoms with van der Waals surface area (Å²) in [6, 6.07) is 10.3. The quantitative estimate of drug-likeness (QED) is 0.432. The first-order valence-corrected chi connectivity index (χ1v) is 12.1. The average Bonchev–Trinajstić information content (AvgIpc) is 3.50. The summed E-state index contributed by atoms with van der Waals surface area (Å²) >= 11 is 5.46. The Labute approximate surface area is 204 Å². The Kier molecular flexibility index (Phi) is 7.81. The zero-order chi connectivity index (χ0) is 24.3. The Bertz CT molecular complexity index is 868. The summed E-state index contributed by atoms with van der Waals surface area (Å²) in [5.74, 6) is -3.34. The van der Waals surface area contributed by atoms with Gasteiger partial charge in [0.15, 0.2) is 11.9 Å². The van der Waals surface area contributed by atoms with Crippen LogP contribution in [0, 0.1) is 5.92 Å². The smallest absolute Gasteiger partial charge is 0.414 e. The van der Waals surface area contributed by atoms with Crippen LogP contribution in [0.2, 0.25) is 0 Å². The lowest BCUT2D eigenvalue weighted by atomic mass is 9.82. The molecule has 9 nitrogen and oxygen atoms in total. The van der Waals surface area contributed by atoms with E-state index in [4.69, 9.17) is 40.0 Å². The first kappa shape index (κ1) is 25.3. The molecule has 0 unspecified atom stereocenters. The summed E-state index contributed by atoms with van der Waals surface area (Å²) in [6.07, 6.45) is 0.314. The molecule has 1 aromatic rings. The Hall–Kier alpha value is -1.75. The molecule has 3 aliphatic rings. The molecular weight excluding hydrogens is 466 g/mol. The molecule has 0 saturated carbocycles. The van der Waals surface area contributed by atoms with Crippen LogP contribution in [0.3, 0.4) is 0 Å². The van der Waals surface area contributed by atoms with Gasteiger partial charge in [-0.2, -0.15) is 0 Å². The maximum absolute atomic E-state index is 12.2. The van der Waals surface area contributed by atoms with Gasteiger partial charge in [-0.1, -0.05) is 30.3 Å². The van der Waals surface area contributed by atoms with Gasteiger partial charge >= 0.3 is 6.09 Å². The monoisotopic (exact) mass is 497 g/mol. The molecule has 34 heavy (non-hydrogen) atoms. The highest BCUT2D eigenvalue weighted by Crippen LogP contribution is 2.50. The van der Waals surface area contributed by atoms with Crippen LogP contribution >= 0.6 is 11.6 Å². The second kappa shape index (κ2) is 10.5. The minimum atomic E-state index is -1.09. The normalized spacial score (nSPS) is 34.1. The minimum absolute atomic E-state index is 0.00422. The molecule has 3 aliphatic heterocycles. The molecule has 10 heteroatoms. The van der Waals surface area contributed by atoms with Crippen molar-refractivity contribution in [1.82, 2.24) is 5.32 Å². The molecular formula is C24H32ClNO8. The van der Waals surface area contributed by atoms with Crippen molar-refractivity contribution in [3.63, 3.8) is 0 Å². The molecule has 1 N–H and O–H groups in total. The van der Waals surface area contributed by atoms with Crippen LogP contribution in [0.15, 0.2) is 30.3 Å². The number of alkyl halides is 1. The number of carbonyl (C=O) groups is 2. The standard InChI is InChI=1S/C24H32ClNO8/c1-23(2)31-14-24(34-23)19(21-16(32-21)11-7-10-15-8-5-4-6-9-15)20(29-3)17(13-30-24)33-22(28)26-18(27)12-25/h4-6,8-9,16-17,19-21H,7,10-14H2,1-3H3,(H,26,27,28)/t16-,17+,19-,20+,21-,24-/m0/s1. The van der Waals surface area contributed by atoms with E-state index in [-0.39, 0.29) is 31.3 Å². The fourth-order valence-electron chi connectivity index (χ4n) is 4.89. The second-order valence-corrected chi connectivity index (χ2v) is 9.55. The van der Waals surface area contributed by atoms with Crippen molar-refractivity contribution in [2.24, 2.45) is 5.92 Å². The Morgan fingerprint density at radius 1 is 1.21 bits per heavy atom. The maximum Gasteiger partial charge on any atom is 0.414 e. The summed E-state index contributed by atoms with van der Waals surface area (Å²) in [4.78, 5) is 23.6. The van der Waals surface area contributed by atoms with Crippen LogP contribution in [0.25, 0.3) is 0 Å². The Morgan fingerprint density at radius 3 is 2.62 bits per heavy atom. The van der Waals surface area contributed by atoms with Crippen LogP contribution in [-0.4, -0.2) is 74.2 Å². The van der Waals surface area contributed by atoms with E-state index in [9.17, 15) is 9.59 Å². The number of halogens is 1. The third-order valence-corrected chi connectivity index (χ3v) is 6.67. The number of alkyl carbamates (subject to hydrolysis) is 1. The number of hydrogen-bond acceptors (Lipinski definition) is 8. The molecule has 0 radical (unpaired) electrons. The van der Waals surface area contributed by atoms with Gasteiger partial charge in [0.2, 0.25) is 11.7 Å². The van der Waals surface area contributed by atoms with E-state index in [2.05, 4.69) is 17.4 Å². The number of rotatable bonds is 8. The van der Waals surface area contributed by atoms with Gasteiger partial charge in [0.1, 0.15) is 18.6 Å². The third kappa shape index (κ3) is 5.72. The predicted molar refractivity (Wildman–Crippen MR) is 121 cm³/mol. The molecule has 1 aromatic carbocycles. The molecule has 0 aromatic heterocycles. The number of imide groups is 1. The lowest BCUT2D eigenvalue weighted by Gasteiger charge is -2.46. The third-order valence-electron chi connectivity index (χ3n) is 6.43. The predicted octanol–water partition coefficient (Wildman–Crippen LogP) is 2.78. The van der Waals surface area contributed by atoms with E-state index in [0.29, 0.717) is 0 Å². The molecule has 0 aliphatic carbocycles. The van der Waals surface area contributed by atoms with E-state index in [1.165, 1.54) is 5.56 Å². The summed E-state index contributed by atoms with van der Waals surface area (Å²) in [5.41, 5.74) is 1.28. The average molecular weight is 498 g/mol. The van der Waals surface area contributed by atoms with Gasteiger partial charge in [-0.15, -0.1) is 11.6 Å². The Balaban J connectivity index is 1.45. The van der Waals surface area contributed by atoms with Gasteiger partial charge in [0.05, 0.1) is 24.7 Å². The van der Waals surface area contributed by atoms with Crippen molar-refractivity contribution in [3.8, 4) is 0 Å².